The van der Waals surface area contributed by atoms with E-state index >= 15 is 0 Å². The Bertz CT molecular complexity index is 1380. The van der Waals surface area contributed by atoms with Crippen LogP contribution in [0.5, 0.6) is 0 Å². The number of phosphoric acid groups is 1. The van der Waals surface area contributed by atoms with E-state index in [0.29, 0.717) is 24.1 Å². The molecule has 0 saturated carbocycles. The van der Waals surface area contributed by atoms with Crippen molar-refractivity contribution in [2.75, 3.05) is 54.1 Å². The van der Waals surface area contributed by atoms with Crippen LogP contribution in [0.25, 0.3) is 0 Å². The quantitative estimate of drug-likeness (QED) is 0.0213. The maximum atomic E-state index is 12.8. The van der Waals surface area contributed by atoms with E-state index in [2.05, 4.69) is 98.9 Å². The van der Waals surface area contributed by atoms with Crippen LogP contribution < -0.4 is 0 Å². The highest BCUT2D eigenvalue weighted by molar-refractivity contribution is 7.47. The van der Waals surface area contributed by atoms with Gasteiger partial charge in [0.2, 0.25) is 0 Å². The summed E-state index contributed by atoms with van der Waals surface area (Å²) in [5, 5.41) is 0. The molecule has 400 valence electrons. The van der Waals surface area contributed by atoms with Crippen LogP contribution in [0.3, 0.4) is 0 Å². The van der Waals surface area contributed by atoms with Gasteiger partial charge in [0, 0.05) is 13.0 Å². The molecule has 0 aromatic rings. The fourth-order valence-electron chi connectivity index (χ4n) is 7.61. The van der Waals surface area contributed by atoms with E-state index in [4.69, 9.17) is 18.5 Å². The second kappa shape index (κ2) is 52.0. The van der Waals surface area contributed by atoms with Crippen LogP contribution in [-0.2, 0) is 27.9 Å². The fourth-order valence-corrected chi connectivity index (χ4v) is 8.35. The Morgan fingerprint density at radius 3 is 1.26 bits per heavy atom. The molecular weight excluding hydrogens is 878 g/mol. The number of hydrogen-bond donors (Lipinski definition) is 1. The van der Waals surface area contributed by atoms with Crippen molar-refractivity contribution in [2.45, 2.75) is 238 Å². The van der Waals surface area contributed by atoms with Crippen LogP contribution in [-0.4, -0.2) is 75.6 Å². The molecule has 0 aromatic carbocycles. The normalized spacial score (nSPS) is 14.1. The molecule has 8 nitrogen and oxygen atoms in total. The molecule has 0 bridgehead atoms. The largest absolute Gasteiger partial charge is 0.472 e. The molecule has 0 fully saturated rings. The summed E-state index contributed by atoms with van der Waals surface area (Å²) in [4.78, 5) is 23.1. The van der Waals surface area contributed by atoms with Gasteiger partial charge < -0.3 is 18.9 Å². The van der Waals surface area contributed by atoms with Gasteiger partial charge in [-0.1, -0.05) is 221 Å². The summed E-state index contributed by atoms with van der Waals surface area (Å²) in [6.45, 7) is 5.50. The SMILES string of the molecule is CC/C=C\C/C=C\C/C=C\C/C=C\C/C=C\CCCCCCCCCCCC(=O)OC(COCCCCCCCCCCCC/C=C\C/C=C\CCCCCCC)COP(=O)(O)OCC[N+](C)(C)C. The van der Waals surface area contributed by atoms with E-state index in [1.165, 1.54) is 135 Å². The van der Waals surface area contributed by atoms with Gasteiger partial charge in [0.25, 0.3) is 0 Å². The summed E-state index contributed by atoms with van der Waals surface area (Å²) < 4.78 is 35.2. The average Bonchev–Trinajstić information content (AvgIpc) is 3.31. The van der Waals surface area contributed by atoms with Crippen LogP contribution in [0.15, 0.2) is 85.1 Å². The molecule has 0 aliphatic carbocycles. The predicted octanol–water partition coefficient (Wildman–Crippen LogP) is 18.0. The molecule has 0 aromatic heterocycles. The monoisotopic (exact) mass is 987 g/mol. The lowest BCUT2D eigenvalue weighted by Gasteiger charge is -2.24. The number of quaternary nitrogens is 1. The minimum atomic E-state index is -4.29. The van der Waals surface area contributed by atoms with Crippen LogP contribution in [0, 0.1) is 0 Å². The molecule has 69 heavy (non-hydrogen) atoms. The third-order valence-electron chi connectivity index (χ3n) is 11.9. The highest BCUT2D eigenvalue weighted by Gasteiger charge is 2.26. The molecule has 2 unspecified atom stereocenters. The first-order valence-electron chi connectivity index (χ1n) is 28.3. The first-order chi connectivity index (χ1) is 33.6. The molecule has 0 radical (unpaired) electrons. The molecule has 0 aliphatic rings. The lowest BCUT2D eigenvalue weighted by Crippen LogP contribution is -2.37. The molecular formula is C60H109NO7P+. The molecule has 0 aliphatic heterocycles. The zero-order valence-corrected chi connectivity index (χ0v) is 46.4. The van der Waals surface area contributed by atoms with E-state index in [1.807, 2.05) is 21.1 Å². The molecule has 9 heteroatoms. The number of nitrogens with zero attached hydrogens (tertiary/aromatic N) is 1. The molecule has 1 N–H and O–H groups in total. The van der Waals surface area contributed by atoms with Gasteiger partial charge >= 0.3 is 13.8 Å². The first-order valence-corrected chi connectivity index (χ1v) is 29.8. The minimum Gasteiger partial charge on any atom is -0.457 e. The molecule has 0 spiro atoms. The van der Waals surface area contributed by atoms with Crippen LogP contribution >= 0.6 is 7.82 Å². The summed E-state index contributed by atoms with van der Waals surface area (Å²) in [7, 11) is 1.65. The van der Waals surface area contributed by atoms with Crippen molar-refractivity contribution in [3.05, 3.63) is 85.1 Å². The van der Waals surface area contributed by atoms with E-state index in [9.17, 15) is 14.3 Å². The zero-order valence-electron chi connectivity index (χ0n) is 45.5. The molecule has 0 saturated heterocycles. The van der Waals surface area contributed by atoms with Crippen molar-refractivity contribution in [1.82, 2.24) is 0 Å². The summed E-state index contributed by atoms with van der Waals surface area (Å²) >= 11 is 0. The van der Waals surface area contributed by atoms with Gasteiger partial charge in [-0.15, -0.1) is 0 Å². The number of esters is 1. The van der Waals surface area contributed by atoms with Crippen molar-refractivity contribution < 1.29 is 37.3 Å². The van der Waals surface area contributed by atoms with Gasteiger partial charge in [0.05, 0.1) is 34.4 Å². The molecule has 0 rings (SSSR count). The highest BCUT2D eigenvalue weighted by Crippen LogP contribution is 2.43. The average molecular weight is 988 g/mol. The summed E-state index contributed by atoms with van der Waals surface area (Å²) in [6, 6.07) is 0. The number of phosphoric ester groups is 1. The second-order valence-corrected chi connectivity index (χ2v) is 21.4. The Balaban J connectivity index is 4.13. The number of unbranched alkanes of at least 4 members (excludes halogenated alkanes) is 24. The van der Waals surface area contributed by atoms with Gasteiger partial charge in [-0.3, -0.25) is 13.8 Å². The van der Waals surface area contributed by atoms with Crippen molar-refractivity contribution in [3.63, 3.8) is 0 Å². The van der Waals surface area contributed by atoms with Gasteiger partial charge in [-0.2, -0.15) is 0 Å². The van der Waals surface area contributed by atoms with Gasteiger partial charge in [-0.25, -0.2) is 4.57 Å². The van der Waals surface area contributed by atoms with E-state index in [1.54, 1.807) is 0 Å². The topological polar surface area (TPSA) is 91.3 Å². The number of hydrogen-bond acceptors (Lipinski definition) is 6. The third kappa shape index (κ3) is 56.5. The van der Waals surface area contributed by atoms with Crippen molar-refractivity contribution >= 4 is 13.8 Å². The number of carbonyl (C=O) groups excluding carboxylic acids is 1. The number of rotatable bonds is 52. The smallest absolute Gasteiger partial charge is 0.457 e. The summed E-state index contributed by atoms with van der Waals surface area (Å²) in [5.41, 5.74) is 0. The molecule has 2 atom stereocenters. The van der Waals surface area contributed by atoms with Gasteiger partial charge in [0.15, 0.2) is 0 Å². The maximum Gasteiger partial charge on any atom is 0.472 e. The third-order valence-corrected chi connectivity index (χ3v) is 12.9. The summed E-state index contributed by atoms with van der Waals surface area (Å²) in [5.74, 6) is -0.322. The lowest BCUT2D eigenvalue weighted by molar-refractivity contribution is -0.870. The number of likely N-dealkylation sites (N-methyl/N-ethyl adjacent to an activating group) is 1. The van der Waals surface area contributed by atoms with E-state index in [-0.39, 0.29) is 25.8 Å². The maximum absolute atomic E-state index is 12.8. The lowest BCUT2D eigenvalue weighted by atomic mass is 10.1. The minimum absolute atomic E-state index is 0.0830. The van der Waals surface area contributed by atoms with Gasteiger partial charge in [0.1, 0.15) is 19.3 Å². The standard InChI is InChI=1S/C60H108NO7P/c1-6-8-10-12-14-16-18-20-22-24-26-28-30-31-32-33-35-37-39-41-43-45-47-49-51-53-60(62)68-59(58-67-69(63,64)66-56-54-61(3,4)5)57-65-55-52-50-48-46-44-42-40-38-36-34-29-27-25-23-21-19-17-15-13-11-9-7-2/h8,10,14,16,19-22,25-28,31-32,59H,6-7,9,11-13,15,17-18,23-24,29-30,33-58H2,1-5H3/p+1/b10-8-,16-14-,21-19-,22-20-,27-25-,28-26-,32-31-. The van der Waals surface area contributed by atoms with E-state index < -0.39 is 13.9 Å². The van der Waals surface area contributed by atoms with Crippen molar-refractivity contribution in [2.24, 2.45) is 0 Å². The number of carbonyl (C=O) groups is 1. The second-order valence-electron chi connectivity index (χ2n) is 19.9. The van der Waals surface area contributed by atoms with Crippen LogP contribution in [0.1, 0.15) is 232 Å². The molecule has 0 amide bonds. The van der Waals surface area contributed by atoms with Gasteiger partial charge in [-0.05, 0) is 89.9 Å². The van der Waals surface area contributed by atoms with E-state index in [0.717, 1.165) is 77.0 Å². The number of ether oxygens (including phenoxy) is 2. The van der Waals surface area contributed by atoms with Crippen molar-refractivity contribution in [3.8, 4) is 0 Å². The number of allylic oxidation sites excluding steroid dienone is 14. The Labute approximate surface area is 426 Å². The summed E-state index contributed by atoms with van der Waals surface area (Å²) in [6.07, 6.45) is 70.6. The van der Waals surface area contributed by atoms with Crippen molar-refractivity contribution in [1.29, 1.82) is 0 Å². The Morgan fingerprint density at radius 1 is 0.464 bits per heavy atom. The zero-order chi connectivity index (χ0) is 50.5. The molecule has 0 heterocycles. The van der Waals surface area contributed by atoms with Crippen LogP contribution in [0.4, 0.5) is 0 Å². The Morgan fingerprint density at radius 2 is 0.841 bits per heavy atom. The van der Waals surface area contributed by atoms with Crippen LogP contribution in [0.2, 0.25) is 0 Å². The predicted molar refractivity (Wildman–Crippen MR) is 298 cm³/mol. The fraction of sp³-hybridized carbons (Fsp3) is 0.750. The Kier molecular flexibility index (Phi) is 50.3. The highest BCUT2D eigenvalue weighted by atomic mass is 31.2. The Hall–Kier alpha value is -2.32. The first kappa shape index (κ1) is 66.7.